The van der Waals surface area contributed by atoms with E-state index < -0.39 is 17.8 Å². The third-order valence-corrected chi connectivity index (χ3v) is 5.03. The summed E-state index contributed by atoms with van der Waals surface area (Å²) in [5.74, 6) is -1.44. The molecule has 1 fully saturated rings. The Bertz CT molecular complexity index is 396. The van der Waals surface area contributed by atoms with Crippen molar-refractivity contribution in [3.8, 4) is 0 Å². The van der Waals surface area contributed by atoms with Gasteiger partial charge in [0.2, 0.25) is 5.91 Å². The molecule has 7 heteroatoms. The maximum absolute atomic E-state index is 11.4. The molecule has 0 aromatic rings. The number of nitrogens with two attached hydrogens (primary N) is 1. The molecule has 2 N–H and O–H groups in total. The number of nitrogens with zero attached hydrogens (tertiary/aromatic N) is 1. The van der Waals surface area contributed by atoms with E-state index >= 15 is 0 Å². The minimum atomic E-state index is -1.04. The third kappa shape index (κ3) is 16.5. The van der Waals surface area contributed by atoms with Crippen LogP contribution in [0.3, 0.4) is 0 Å². The molecule has 1 saturated heterocycles. The molecule has 178 valence electrons. The number of carbonyl (C=O) groups excluding carboxylic acids is 2. The van der Waals surface area contributed by atoms with Gasteiger partial charge in [-0.05, 0) is 31.6 Å². The maximum Gasteiger partial charge on any atom is 1.00 e. The van der Waals surface area contributed by atoms with Gasteiger partial charge < -0.3 is 32.5 Å². The van der Waals surface area contributed by atoms with E-state index in [4.69, 9.17) is 5.73 Å². The summed E-state index contributed by atoms with van der Waals surface area (Å²) in [5, 5.41) is 11.4. The smallest absolute Gasteiger partial charge is 1.00 e. The van der Waals surface area contributed by atoms with Crippen LogP contribution in [0.15, 0.2) is 0 Å². The van der Waals surface area contributed by atoms with Crippen LogP contribution < -0.4 is 52.8 Å². The summed E-state index contributed by atoms with van der Waals surface area (Å²) in [4.78, 5) is 22.8. The molecule has 1 heterocycles. The number of amides is 1. The van der Waals surface area contributed by atoms with Gasteiger partial charge in [-0.1, -0.05) is 58.4 Å². The van der Waals surface area contributed by atoms with E-state index in [9.17, 15) is 14.7 Å². The summed E-state index contributed by atoms with van der Waals surface area (Å²) in [6.07, 6.45) is 2.57. The van der Waals surface area contributed by atoms with E-state index in [1.54, 1.807) is 0 Å². The summed E-state index contributed by atoms with van der Waals surface area (Å²) in [6.45, 7) is 6.12. The first-order valence-corrected chi connectivity index (χ1v) is 8.02. The number of hydrogen-bond donors (Lipinski definition) is 1. The molecule has 1 aliphatic heterocycles. The van der Waals surface area contributed by atoms with Gasteiger partial charge in [0.1, 0.15) is 0 Å². The number of halogens is 1. The summed E-state index contributed by atoms with van der Waals surface area (Å²) < 4.78 is 0.940. The van der Waals surface area contributed by atoms with Crippen LogP contribution in [-0.2, 0) is 9.59 Å². The minimum absolute atomic E-state index is 0. The Morgan fingerprint density at radius 1 is 0.966 bits per heavy atom. The summed E-state index contributed by atoms with van der Waals surface area (Å²) in [5.41, 5.74) is 5.35. The van der Waals surface area contributed by atoms with Crippen LogP contribution in [0.2, 0.25) is 0 Å². The fourth-order valence-electron chi connectivity index (χ4n) is 3.85. The Balaban J connectivity index is -0.0000000919. The van der Waals surface area contributed by atoms with E-state index in [2.05, 4.69) is 21.0 Å². The van der Waals surface area contributed by atoms with Crippen molar-refractivity contribution in [3.63, 3.8) is 0 Å². The fourth-order valence-corrected chi connectivity index (χ4v) is 3.85. The first-order chi connectivity index (χ1) is 9.70. The van der Waals surface area contributed by atoms with Gasteiger partial charge in [0.15, 0.2) is 0 Å². The van der Waals surface area contributed by atoms with Gasteiger partial charge in [-0.25, -0.2) is 0 Å². The van der Waals surface area contributed by atoms with Crippen molar-refractivity contribution >= 4 is 11.9 Å². The largest absolute Gasteiger partial charge is 1.00 e. The molecule has 0 aliphatic carbocycles. The third-order valence-electron chi connectivity index (χ3n) is 5.03. The first-order valence-electron chi connectivity index (χ1n) is 8.02. The number of rotatable bonds is 8. The topological polar surface area (TPSA) is 83.2 Å². The number of carboxylic acids is 1. The number of aliphatic carboxylic acids is 1. The Kier molecular flexibility index (Phi) is 40.7. The maximum atomic E-state index is 11.4. The second-order valence-corrected chi connectivity index (χ2v) is 7.22. The molecule has 0 spiro atoms. The molecule has 0 saturated carbocycles. The zero-order valence-corrected chi connectivity index (χ0v) is 17.9. The molecule has 1 rings (SSSR count). The molecular formula is C22H54ClN2NaO3. The van der Waals surface area contributed by atoms with E-state index in [1.165, 1.54) is 0 Å². The average Bonchev–Trinajstić information content (AvgIpc) is 2.67. The number of primary amides is 1. The van der Waals surface area contributed by atoms with Crippen LogP contribution in [0.25, 0.3) is 0 Å². The zero-order valence-electron chi connectivity index (χ0n) is 15.2. The van der Waals surface area contributed by atoms with Gasteiger partial charge in [-0.2, -0.15) is 0 Å². The second kappa shape index (κ2) is 22.9. The van der Waals surface area contributed by atoms with Crippen molar-refractivity contribution in [1.82, 2.24) is 0 Å². The molecule has 0 bridgehead atoms. The van der Waals surface area contributed by atoms with Crippen LogP contribution in [-0.4, -0.2) is 43.5 Å². The Hall–Kier alpha value is 0.190. The molecule has 4 atom stereocenters. The molecule has 5 nitrogen and oxygen atoms in total. The van der Waals surface area contributed by atoms with Crippen LogP contribution >= 0.6 is 0 Å². The molecule has 29 heavy (non-hydrogen) atoms. The van der Waals surface area contributed by atoms with Crippen molar-refractivity contribution in [1.29, 1.82) is 0 Å². The summed E-state index contributed by atoms with van der Waals surface area (Å²) in [6, 6.07) is 0. The van der Waals surface area contributed by atoms with E-state index in [-0.39, 0.29) is 92.4 Å². The van der Waals surface area contributed by atoms with Gasteiger partial charge in [0.05, 0.1) is 27.2 Å². The number of carbonyl (C=O) groups is 2. The normalized spacial score (nSPS) is 19.7. The van der Waals surface area contributed by atoms with Crippen molar-refractivity contribution in [2.24, 2.45) is 29.4 Å². The van der Waals surface area contributed by atoms with Gasteiger partial charge in [-0.15, -0.1) is 0 Å². The van der Waals surface area contributed by atoms with Gasteiger partial charge >= 0.3 is 29.6 Å². The van der Waals surface area contributed by atoms with Crippen molar-refractivity contribution in [3.05, 3.63) is 0 Å². The standard InChI is InChI=1S/C16H30N2O3.6CH4.ClH.Na/c1-5-11(15(17)19)7-13(16(20)21)8-14-10-18(3,4)9-12(14)6-2;;;;;;;;/h11-14H,5-10H2,1-4H3,(H2-,17,19,20,21);6*1H4;1H;/q;;;;;;;;+1/p-1. The van der Waals surface area contributed by atoms with Crippen LogP contribution in [0.5, 0.6) is 0 Å². The quantitative estimate of drug-likeness (QED) is 0.348. The minimum Gasteiger partial charge on any atom is -1.00 e. The Morgan fingerprint density at radius 2 is 1.38 bits per heavy atom. The zero-order chi connectivity index (χ0) is 16.2. The van der Waals surface area contributed by atoms with Crippen molar-refractivity contribution in [2.45, 2.75) is 84.1 Å². The second-order valence-electron chi connectivity index (χ2n) is 7.22. The van der Waals surface area contributed by atoms with Crippen LogP contribution in [0, 0.1) is 23.7 Å². The van der Waals surface area contributed by atoms with Gasteiger partial charge in [0.25, 0.3) is 0 Å². The Morgan fingerprint density at radius 3 is 1.69 bits per heavy atom. The van der Waals surface area contributed by atoms with Crippen LogP contribution in [0.4, 0.5) is 0 Å². The van der Waals surface area contributed by atoms with Crippen LogP contribution in [0.1, 0.15) is 84.1 Å². The van der Waals surface area contributed by atoms with Crippen molar-refractivity contribution in [2.75, 3.05) is 27.2 Å². The van der Waals surface area contributed by atoms with E-state index in [0.717, 1.165) is 24.0 Å². The first kappa shape index (κ1) is 51.7. The Labute approximate surface area is 212 Å². The summed E-state index contributed by atoms with van der Waals surface area (Å²) >= 11 is 0. The van der Waals surface area contributed by atoms with Gasteiger partial charge in [0, 0.05) is 23.7 Å². The number of likely N-dealkylation sites (tertiary alicyclic amines) is 1. The summed E-state index contributed by atoms with van der Waals surface area (Å²) in [7, 11) is 4.38. The average molecular weight is 453 g/mol. The van der Waals surface area contributed by atoms with Crippen molar-refractivity contribution < 1.29 is 61.1 Å². The fraction of sp³-hybridized carbons (Fsp3) is 0.909. The molecule has 1 aliphatic rings. The SMILES string of the molecule is C.C.C.C.C.C.CCC(CC(CC1C[N+](C)(C)CC1CC)C(=O)[O-])C(N)=O.[Cl-].[Na+]. The van der Waals surface area contributed by atoms with E-state index in [0.29, 0.717) is 31.1 Å². The predicted octanol–water partition coefficient (Wildman–Crippen LogP) is -1.80. The number of hydrogen-bond acceptors (Lipinski definition) is 3. The predicted molar refractivity (Wildman–Crippen MR) is 120 cm³/mol. The molecule has 4 unspecified atom stereocenters. The molecule has 0 aromatic carbocycles. The van der Waals surface area contributed by atoms with E-state index in [1.807, 2.05) is 6.92 Å². The monoisotopic (exact) mass is 452 g/mol. The number of carboxylic acid groups (broad SMARTS) is 1. The molecule has 1 amide bonds. The molecule has 0 radical (unpaired) electrons. The number of quaternary nitrogens is 1. The molecular weight excluding hydrogens is 399 g/mol. The molecule has 0 aromatic heterocycles. The van der Waals surface area contributed by atoms with Gasteiger partial charge in [-0.3, -0.25) is 4.79 Å².